The molecule has 4 heterocycles. The Morgan fingerprint density at radius 3 is 2.71 bits per heavy atom. The van der Waals surface area contributed by atoms with E-state index in [1.807, 2.05) is 0 Å². The van der Waals surface area contributed by atoms with E-state index in [4.69, 9.17) is 10.9 Å². The van der Waals surface area contributed by atoms with Gasteiger partial charge < -0.3 is 21.2 Å². The van der Waals surface area contributed by atoms with Gasteiger partial charge in [-0.15, -0.1) is 0 Å². The zero-order chi connectivity index (χ0) is 14.8. The number of fused-ring (bicyclic) bond motifs is 3. The normalized spacial score (nSPS) is 28.4. The quantitative estimate of drug-likeness (QED) is 0.314. The molecule has 0 aliphatic carbocycles. The van der Waals surface area contributed by atoms with Crippen molar-refractivity contribution in [1.82, 2.24) is 15.2 Å². The summed E-state index contributed by atoms with van der Waals surface area (Å²) in [7, 11) is 0. The number of nitrogens with two attached hydrogens (primary N) is 1. The van der Waals surface area contributed by atoms with Crippen LogP contribution in [0, 0.1) is 5.92 Å². The maximum Gasteiger partial charge on any atom is 0.270 e. The molecule has 0 saturated carbocycles. The highest BCUT2D eigenvalue weighted by atomic mass is 16.4. The lowest BCUT2D eigenvalue weighted by molar-refractivity contribution is 0.0618. The molecule has 7 nitrogen and oxygen atoms in total. The summed E-state index contributed by atoms with van der Waals surface area (Å²) in [6, 6.07) is 3.42. The zero-order valence-corrected chi connectivity index (χ0v) is 11.7. The third-order valence-corrected chi connectivity index (χ3v) is 4.37. The number of amides is 1. The molecule has 0 spiro atoms. The first-order chi connectivity index (χ1) is 10.2. The van der Waals surface area contributed by atoms with Crippen molar-refractivity contribution < 1.29 is 10.0 Å². The number of hydrogen-bond donors (Lipinski definition) is 3. The monoisotopic (exact) mass is 289 g/mol. The van der Waals surface area contributed by atoms with Crippen LogP contribution in [0.2, 0.25) is 0 Å². The third kappa shape index (κ3) is 2.82. The fourth-order valence-corrected chi connectivity index (χ4v) is 3.11. The number of oxime groups is 1. The van der Waals surface area contributed by atoms with Gasteiger partial charge in [0.05, 0.1) is 0 Å². The third-order valence-electron chi connectivity index (χ3n) is 4.37. The molecule has 1 aromatic heterocycles. The minimum Gasteiger partial charge on any atom is -0.409 e. The molecule has 3 fully saturated rings. The van der Waals surface area contributed by atoms with Gasteiger partial charge in [-0.3, -0.25) is 9.78 Å². The molecule has 1 aromatic rings. The first-order valence-corrected chi connectivity index (χ1v) is 7.14. The van der Waals surface area contributed by atoms with Gasteiger partial charge in [0.15, 0.2) is 5.84 Å². The molecule has 1 amide bonds. The minimum atomic E-state index is -0.167. The number of carbonyl (C=O) groups is 1. The van der Waals surface area contributed by atoms with Crippen molar-refractivity contribution in [3.8, 4) is 0 Å². The number of pyridine rings is 1. The summed E-state index contributed by atoms with van der Waals surface area (Å²) in [5.41, 5.74) is 6.30. The number of piperidine rings is 3. The summed E-state index contributed by atoms with van der Waals surface area (Å²) in [6.45, 7) is 3.21. The standard InChI is InChI=1S/C14H19N5O2/c15-13(18-21)10-1-2-11(16-7-10)14(20)17-12-8-19-5-3-9(12)4-6-19/h1-2,7,9,12,21H,3-6,8H2,(H2,15,18)(H,17,20). The van der Waals surface area contributed by atoms with Gasteiger partial charge in [0.2, 0.25) is 0 Å². The van der Waals surface area contributed by atoms with Crippen molar-refractivity contribution in [3.63, 3.8) is 0 Å². The minimum absolute atomic E-state index is 0.0214. The first-order valence-electron chi connectivity index (χ1n) is 7.14. The van der Waals surface area contributed by atoms with Gasteiger partial charge in [0.1, 0.15) is 5.69 Å². The number of nitrogens with one attached hydrogen (secondary N) is 1. The van der Waals surface area contributed by atoms with Gasteiger partial charge in [0.25, 0.3) is 5.91 Å². The van der Waals surface area contributed by atoms with E-state index < -0.39 is 0 Å². The summed E-state index contributed by atoms with van der Waals surface area (Å²) >= 11 is 0. The number of aromatic nitrogens is 1. The second kappa shape index (κ2) is 5.69. The van der Waals surface area contributed by atoms with Gasteiger partial charge in [-0.2, -0.15) is 0 Å². The van der Waals surface area contributed by atoms with Gasteiger partial charge in [-0.05, 0) is 44.0 Å². The summed E-state index contributed by atoms with van der Waals surface area (Å²) in [5.74, 6) is 0.391. The average Bonchev–Trinajstić information content (AvgIpc) is 2.55. The van der Waals surface area contributed by atoms with Crippen LogP contribution >= 0.6 is 0 Å². The van der Waals surface area contributed by atoms with Crippen LogP contribution in [0.15, 0.2) is 23.5 Å². The Labute approximate surface area is 122 Å². The highest BCUT2D eigenvalue weighted by Gasteiger charge is 2.35. The van der Waals surface area contributed by atoms with Crippen molar-refractivity contribution in [2.75, 3.05) is 19.6 Å². The molecule has 21 heavy (non-hydrogen) atoms. The molecule has 0 aromatic carbocycles. The Morgan fingerprint density at radius 2 is 2.19 bits per heavy atom. The molecule has 4 N–H and O–H groups in total. The van der Waals surface area contributed by atoms with E-state index in [9.17, 15) is 4.79 Å². The Morgan fingerprint density at radius 1 is 1.43 bits per heavy atom. The average molecular weight is 289 g/mol. The van der Waals surface area contributed by atoms with E-state index in [0.717, 1.165) is 32.5 Å². The van der Waals surface area contributed by atoms with Crippen molar-refractivity contribution in [2.45, 2.75) is 18.9 Å². The Hall–Kier alpha value is -2.15. The van der Waals surface area contributed by atoms with E-state index in [0.29, 0.717) is 17.2 Å². The van der Waals surface area contributed by atoms with Gasteiger partial charge in [0, 0.05) is 24.3 Å². The van der Waals surface area contributed by atoms with E-state index in [-0.39, 0.29) is 17.8 Å². The van der Waals surface area contributed by atoms with Crippen LogP contribution in [-0.2, 0) is 0 Å². The van der Waals surface area contributed by atoms with Crippen LogP contribution in [-0.4, -0.2) is 52.5 Å². The number of hydrogen-bond acceptors (Lipinski definition) is 5. The molecule has 3 aliphatic heterocycles. The van der Waals surface area contributed by atoms with Crippen LogP contribution in [0.4, 0.5) is 0 Å². The Bertz CT molecular complexity index is 549. The van der Waals surface area contributed by atoms with Gasteiger partial charge >= 0.3 is 0 Å². The molecule has 3 saturated heterocycles. The maximum atomic E-state index is 12.2. The van der Waals surface area contributed by atoms with E-state index in [1.54, 1.807) is 12.1 Å². The van der Waals surface area contributed by atoms with Crippen LogP contribution in [0.3, 0.4) is 0 Å². The topological polar surface area (TPSA) is 104 Å². The fraction of sp³-hybridized carbons (Fsp3) is 0.500. The van der Waals surface area contributed by atoms with Crippen molar-refractivity contribution in [2.24, 2.45) is 16.8 Å². The van der Waals surface area contributed by atoms with Crippen molar-refractivity contribution in [1.29, 1.82) is 0 Å². The van der Waals surface area contributed by atoms with Gasteiger partial charge in [-0.25, -0.2) is 0 Å². The molecule has 112 valence electrons. The van der Waals surface area contributed by atoms with Crippen LogP contribution < -0.4 is 11.1 Å². The molecular formula is C14H19N5O2. The van der Waals surface area contributed by atoms with E-state index in [1.165, 1.54) is 6.20 Å². The highest BCUT2D eigenvalue weighted by Crippen LogP contribution is 2.27. The molecule has 1 atom stereocenters. The second-order valence-electron chi connectivity index (χ2n) is 5.64. The lowest BCUT2D eigenvalue weighted by atomic mass is 9.84. The molecular weight excluding hydrogens is 270 g/mol. The zero-order valence-electron chi connectivity index (χ0n) is 11.7. The Balaban J connectivity index is 1.65. The van der Waals surface area contributed by atoms with Crippen LogP contribution in [0.1, 0.15) is 28.9 Å². The predicted molar refractivity (Wildman–Crippen MR) is 77.2 cm³/mol. The molecule has 1 unspecified atom stereocenters. The maximum absolute atomic E-state index is 12.2. The SMILES string of the molecule is NC(=NO)c1ccc(C(=O)NC2CN3CCC2CC3)nc1. The van der Waals surface area contributed by atoms with Crippen LogP contribution in [0.5, 0.6) is 0 Å². The summed E-state index contributed by atoms with van der Waals surface area (Å²) in [6.07, 6.45) is 3.74. The molecule has 2 bridgehead atoms. The number of nitrogens with zero attached hydrogens (tertiary/aromatic N) is 3. The van der Waals surface area contributed by atoms with E-state index in [2.05, 4.69) is 20.4 Å². The second-order valence-corrected chi connectivity index (χ2v) is 5.64. The number of amidine groups is 1. The predicted octanol–water partition coefficient (Wildman–Crippen LogP) is 0.0001000. The molecule has 4 rings (SSSR count). The largest absolute Gasteiger partial charge is 0.409 e. The van der Waals surface area contributed by atoms with Crippen molar-refractivity contribution >= 4 is 11.7 Å². The summed E-state index contributed by atoms with van der Waals surface area (Å²) in [4.78, 5) is 18.7. The first kappa shape index (κ1) is 13.8. The summed E-state index contributed by atoms with van der Waals surface area (Å²) in [5, 5.41) is 14.6. The van der Waals surface area contributed by atoms with Crippen LogP contribution in [0.25, 0.3) is 0 Å². The fourth-order valence-electron chi connectivity index (χ4n) is 3.11. The summed E-state index contributed by atoms with van der Waals surface area (Å²) < 4.78 is 0. The molecule has 7 heteroatoms. The molecule has 3 aliphatic rings. The number of carbonyl (C=O) groups excluding carboxylic acids is 1. The highest BCUT2D eigenvalue weighted by molar-refractivity contribution is 5.98. The van der Waals surface area contributed by atoms with E-state index >= 15 is 0 Å². The Kier molecular flexibility index (Phi) is 3.74. The lowest BCUT2D eigenvalue weighted by Crippen LogP contribution is -2.57. The lowest BCUT2D eigenvalue weighted by Gasteiger charge is -2.44. The van der Waals surface area contributed by atoms with Crippen molar-refractivity contribution in [3.05, 3.63) is 29.6 Å². The van der Waals surface area contributed by atoms with Gasteiger partial charge in [-0.1, -0.05) is 5.16 Å². The smallest absolute Gasteiger partial charge is 0.270 e. The molecule has 0 radical (unpaired) electrons. The number of rotatable bonds is 3.